The van der Waals surface area contributed by atoms with Gasteiger partial charge < -0.3 is 5.32 Å². The number of amidine groups is 1. The lowest BCUT2D eigenvalue weighted by Crippen LogP contribution is -2.28. The molecule has 3 heterocycles. The molecular weight excluding hydrogens is 328 g/mol. The minimum Gasteiger partial charge on any atom is -0.367 e. The summed E-state index contributed by atoms with van der Waals surface area (Å²) in [5.41, 5.74) is 2.48. The van der Waals surface area contributed by atoms with Gasteiger partial charge in [0.15, 0.2) is 5.78 Å². The number of ketones is 1. The third-order valence-electron chi connectivity index (χ3n) is 4.18. The van der Waals surface area contributed by atoms with Crippen LogP contribution in [0, 0.1) is 5.41 Å². The Balaban J connectivity index is 0.000000240. The van der Waals surface area contributed by atoms with Crippen LogP contribution in [0.4, 0.5) is 5.69 Å². The zero-order chi connectivity index (χ0) is 18.1. The van der Waals surface area contributed by atoms with Gasteiger partial charge in [0.1, 0.15) is 5.84 Å². The molecule has 0 saturated carbocycles. The van der Waals surface area contributed by atoms with E-state index in [0.717, 1.165) is 22.7 Å². The molecule has 0 spiro atoms. The van der Waals surface area contributed by atoms with E-state index in [9.17, 15) is 9.59 Å². The van der Waals surface area contributed by atoms with E-state index in [4.69, 9.17) is 5.41 Å². The minimum atomic E-state index is -0.306. The topological polar surface area (TPSA) is 94.7 Å². The van der Waals surface area contributed by atoms with Crippen molar-refractivity contribution < 1.29 is 9.59 Å². The van der Waals surface area contributed by atoms with E-state index in [2.05, 4.69) is 15.3 Å². The Bertz CT molecular complexity index is 1130. The number of fused-ring (bicyclic) bond motifs is 2. The molecule has 4 aliphatic rings. The molecule has 1 aromatic carbocycles. The first-order valence-electron chi connectivity index (χ1n) is 8.08. The zero-order valence-corrected chi connectivity index (χ0v) is 13.7. The van der Waals surface area contributed by atoms with E-state index in [1.165, 1.54) is 12.2 Å². The van der Waals surface area contributed by atoms with Crippen LogP contribution in [-0.4, -0.2) is 36.0 Å². The van der Waals surface area contributed by atoms with Crippen LogP contribution in [0.5, 0.6) is 0 Å². The molecule has 1 aromatic rings. The molecule has 5 rings (SSSR count). The number of benzene rings is 1. The first-order valence-corrected chi connectivity index (χ1v) is 8.08. The molecular formula is C20H14N4O2. The number of nitrogens with zero attached hydrogens (tertiary/aromatic N) is 2. The predicted molar refractivity (Wildman–Crippen MR) is 101 cm³/mol. The largest absolute Gasteiger partial charge is 0.367 e. The molecule has 0 saturated heterocycles. The number of hydrogen-bond donors (Lipinski definition) is 2. The first kappa shape index (κ1) is 15.8. The maximum absolute atomic E-state index is 12.2. The van der Waals surface area contributed by atoms with Crippen molar-refractivity contribution in [1.29, 1.82) is 5.41 Å². The van der Waals surface area contributed by atoms with Crippen molar-refractivity contribution in [2.75, 3.05) is 6.54 Å². The second kappa shape index (κ2) is 6.33. The van der Waals surface area contributed by atoms with E-state index < -0.39 is 0 Å². The van der Waals surface area contributed by atoms with Crippen LogP contribution in [0.3, 0.4) is 0 Å². The highest BCUT2D eigenvalue weighted by Gasteiger charge is 2.28. The molecule has 0 unspecified atom stereocenters. The zero-order valence-electron chi connectivity index (χ0n) is 13.7. The molecule has 6 nitrogen and oxygen atoms in total. The molecule has 3 aliphatic heterocycles. The summed E-state index contributed by atoms with van der Waals surface area (Å²) in [6, 6.07) is 5.60. The summed E-state index contributed by atoms with van der Waals surface area (Å²) >= 11 is 0. The third kappa shape index (κ3) is 2.77. The predicted octanol–water partition coefficient (Wildman–Crippen LogP) is 0.503. The standard InChI is InChI=1S/C16H8N2O2.C4H6N2/c19-9-4-5-14-12(8-9)15(16(20)18-14)11-2-1-3-13-10(11)6-7-17-13;5-4-2-1-3-6-4/h1-8H;1-2H,3H2,(H2,5,6). The highest BCUT2D eigenvalue weighted by molar-refractivity contribution is 6.43. The van der Waals surface area contributed by atoms with Crippen molar-refractivity contribution in [1.82, 2.24) is 5.32 Å². The van der Waals surface area contributed by atoms with Crippen molar-refractivity contribution in [2.45, 2.75) is 0 Å². The van der Waals surface area contributed by atoms with E-state index in [1.54, 1.807) is 18.4 Å². The fourth-order valence-electron chi connectivity index (χ4n) is 3.01. The average Bonchev–Trinajstić information content (AvgIpc) is 3.34. The molecule has 0 bridgehead atoms. The molecule has 0 fully saturated rings. The van der Waals surface area contributed by atoms with Gasteiger partial charge in [-0.3, -0.25) is 20.0 Å². The van der Waals surface area contributed by atoms with E-state index >= 15 is 0 Å². The van der Waals surface area contributed by atoms with Gasteiger partial charge in [-0.1, -0.05) is 18.2 Å². The normalized spacial score (nSPS) is 20.7. The van der Waals surface area contributed by atoms with Crippen LogP contribution >= 0.6 is 0 Å². The van der Waals surface area contributed by atoms with Gasteiger partial charge in [-0.05, 0) is 41.7 Å². The highest BCUT2D eigenvalue weighted by atomic mass is 16.1. The third-order valence-corrected chi connectivity index (χ3v) is 4.18. The van der Waals surface area contributed by atoms with Crippen LogP contribution in [-0.2, 0) is 9.59 Å². The fraction of sp³-hybridized carbons (Fsp3) is 0.0500. The number of carbonyl (C=O) groups excluding carboxylic acids is 2. The second-order valence-electron chi connectivity index (χ2n) is 5.85. The summed E-state index contributed by atoms with van der Waals surface area (Å²) in [5.74, 6) is 0.0910. The number of amides is 1. The summed E-state index contributed by atoms with van der Waals surface area (Å²) < 4.78 is 0. The van der Waals surface area contributed by atoms with Gasteiger partial charge in [0.05, 0.1) is 17.0 Å². The van der Waals surface area contributed by atoms with Crippen molar-refractivity contribution in [3.8, 4) is 0 Å². The maximum atomic E-state index is 12.2. The van der Waals surface area contributed by atoms with Gasteiger partial charge in [0.2, 0.25) is 0 Å². The van der Waals surface area contributed by atoms with Gasteiger partial charge in [0, 0.05) is 23.6 Å². The van der Waals surface area contributed by atoms with Gasteiger partial charge in [-0.25, -0.2) is 4.99 Å². The summed E-state index contributed by atoms with van der Waals surface area (Å²) in [6.45, 7) is 0.832. The SMILES string of the molecule is N=C1C=CCN1.O=C1C=CC2=NC(=O)C(=c3cccc4c3=CC=N4)C2=C1. The van der Waals surface area contributed by atoms with Crippen LogP contribution in [0.2, 0.25) is 0 Å². The molecule has 0 aromatic heterocycles. The lowest BCUT2D eigenvalue weighted by molar-refractivity contribution is -0.112. The van der Waals surface area contributed by atoms with Crippen molar-refractivity contribution >= 4 is 46.8 Å². The number of hydrogen-bond acceptors (Lipinski definition) is 4. The molecule has 0 radical (unpaired) electrons. The highest BCUT2D eigenvalue weighted by Crippen LogP contribution is 2.24. The smallest absolute Gasteiger partial charge is 0.278 e. The van der Waals surface area contributed by atoms with E-state index in [-0.39, 0.29) is 11.7 Å². The Morgan fingerprint density at radius 3 is 2.73 bits per heavy atom. The van der Waals surface area contributed by atoms with Gasteiger partial charge in [-0.2, -0.15) is 0 Å². The summed E-state index contributed by atoms with van der Waals surface area (Å²) in [6.07, 6.45) is 11.7. The van der Waals surface area contributed by atoms with Crippen LogP contribution in [0.15, 0.2) is 64.1 Å². The monoisotopic (exact) mass is 342 g/mol. The lowest BCUT2D eigenvalue weighted by atomic mass is 9.95. The fourth-order valence-corrected chi connectivity index (χ4v) is 3.01. The second-order valence-corrected chi connectivity index (χ2v) is 5.85. The molecule has 6 heteroatoms. The quantitative estimate of drug-likeness (QED) is 0.672. The Morgan fingerprint density at radius 1 is 1.12 bits per heavy atom. The van der Waals surface area contributed by atoms with E-state index in [0.29, 0.717) is 22.7 Å². The van der Waals surface area contributed by atoms with E-state index in [1.807, 2.05) is 30.4 Å². The number of nitrogens with one attached hydrogen (secondary N) is 2. The Morgan fingerprint density at radius 2 is 2.00 bits per heavy atom. The number of allylic oxidation sites excluding steroid dienone is 3. The number of rotatable bonds is 0. The number of aliphatic imine (C=N–C) groups is 2. The van der Waals surface area contributed by atoms with Gasteiger partial charge >= 0.3 is 0 Å². The number of carbonyl (C=O) groups is 2. The summed E-state index contributed by atoms with van der Waals surface area (Å²) in [7, 11) is 0. The molecule has 126 valence electrons. The van der Waals surface area contributed by atoms with Crippen molar-refractivity contribution in [3.05, 3.63) is 64.6 Å². The van der Waals surface area contributed by atoms with Crippen molar-refractivity contribution in [3.63, 3.8) is 0 Å². The Labute approximate surface area is 148 Å². The summed E-state index contributed by atoms with van der Waals surface area (Å²) in [4.78, 5) is 32.0. The first-order chi connectivity index (χ1) is 12.6. The van der Waals surface area contributed by atoms with Crippen LogP contribution < -0.4 is 15.8 Å². The average molecular weight is 342 g/mol. The van der Waals surface area contributed by atoms with Gasteiger partial charge in [-0.15, -0.1) is 0 Å². The maximum Gasteiger partial charge on any atom is 0.278 e. The Hall–Kier alpha value is -3.67. The van der Waals surface area contributed by atoms with Crippen LogP contribution in [0.1, 0.15) is 0 Å². The molecule has 1 amide bonds. The van der Waals surface area contributed by atoms with Gasteiger partial charge in [0.25, 0.3) is 5.91 Å². The van der Waals surface area contributed by atoms with Crippen molar-refractivity contribution in [2.24, 2.45) is 9.98 Å². The Kier molecular flexibility index (Phi) is 3.85. The molecule has 26 heavy (non-hydrogen) atoms. The molecule has 1 aliphatic carbocycles. The molecule has 2 N–H and O–H groups in total. The summed E-state index contributed by atoms with van der Waals surface area (Å²) in [5, 5.41) is 11.3. The van der Waals surface area contributed by atoms with Crippen LogP contribution in [0.25, 0.3) is 11.6 Å². The molecule has 0 atom stereocenters. The minimum absolute atomic E-state index is 0.126. The lowest BCUT2D eigenvalue weighted by Gasteiger charge is -2.04.